The lowest BCUT2D eigenvalue weighted by atomic mass is 9.80. The number of carbonyl (C=O) groups is 2. The number of benzene rings is 1. The van der Waals surface area contributed by atoms with Gasteiger partial charge in [0, 0.05) is 38.6 Å². The number of primary amides is 1. The molecule has 212 valence electrons. The Labute approximate surface area is 223 Å². The van der Waals surface area contributed by atoms with Crippen LogP contribution >= 0.6 is 0 Å². The van der Waals surface area contributed by atoms with Crippen molar-refractivity contribution in [1.29, 1.82) is 0 Å². The van der Waals surface area contributed by atoms with Gasteiger partial charge in [-0.1, -0.05) is 39.8 Å². The zero-order valence-corrected chi connectivity index (χ0v) is 24.0. The average Bonchev–Trinajstić information content (AvgIpc) is 2.83. The fraction of sp³-hybridized carbons (Fsp3) is 0.724. The molecular formula is C29H51N3O5. The van der Waals surface area contributed by atoms with Crippen LogP contribution in [0, 0.1) is 29.1 Å². The van der Waals surface area contributed by atoms with E-state index in [-0.39, 0.29) is 30.7 Å². The van der Waals surface area contributed by atoms with E-state index in [0.717, 1.165) is 18.6 Å². The first-order chi connectivity index (χ1) is 17.3. The first-order valence-electron chi connectivity index (χ1n) is 13.5. The molecule has 0 heterocycles. The van der Waals surface area contributed by atoms with Gasteiger partial charge in [0.2, 0.25) is 11.8 Å². The third kappa shape index (κ3) is 11.8. The molecule has 0 saturated carbocycles. The lowest BCUT2D eigenvalue weighted by Crippen LogP contribution is -2.46. The summed E-state index contributed by atoms with van der Waals surface area (Å²) in [5.74, 6) is 0.379. The van der Waals surface area contributed by atoms with Crippen molar-refractivity contribution in [2.24, 2.45) is 40.6 Å². The standard InChI is InChI=1S/C29H51N3O5/c1-19(2)22(14-21-10-8-11-23(15-21)37-13-9-12-36-7)16-25(30)26(33)17-24(20(3)4)27(34)32-18-29(5,6)28(31)35/h8,10-11,15,19-20,22,24-26,33H,9,12-14,16-18,30H2,1-7H3,(H2,31,35)(H,32,34)/t22-,24-,25-,26-/m0/s1. The van der Waals surface area contributed by atoms with Crippen LogP contribution in [0.3, 0.4) is 0 Å². The number of ether oxygens (including phenoxy) is 2. The highest BCUT2D eigenvalue weighted by atomic mass is 16.5. The maximum atomic E-state index is 12.9. The molecule has 0 unspecified atom stereocenters. The highest BCUT2D eigenvalue weighted by Gasteiger charge is 2.32. The number of hydrogen-bond donors (Lipinski definition) is 4. The van der Waals surface area contributed by atoms with Crippen LogP contribution in [0.4, 0.5) is 0 Å². The Morgan fingerprint density at radius 2 is 1.76 bits per heavy atom. The number of methoxy groups -OCH3 is 1. The van der Waals surface area contributed by atoms with Gasteiger partial charge in [-0.25, -0.2) is 0 Å². The maximum Gasteiger partial charge on any atom is 0.224 e. The van der Waals surface area contributed by atoms with Gasteiger partial charge in [-0.3, -0.25) is 9.59 Å². The van der Waals surface area contributed by atoms with Crippen molar-refractivity contribution in [3.8, 4) is 5.75 Å². The molecule has 4 atom stereocenters. The van der Waals surface area contributed by atoms with E-state index in [1.807, 2.05) is 26.0 Å². The normalized spacial score (nSPS) is 15.3. The van der Waals surface area contributed by atoms with Crippen molar-refractivity contribution in [1.82, 2.24) is 5.32 Å². The molecule has 8 heteroatoms. The summed E-state index contributed by atoms with van der Waals surface area (Å²) in [5, 5.41) is 13.8. The molecule has 0 fully saturated rings. The Morgan fingerprint density at radius 1 is 1.08 bits per heavy atom. The summed E-state index contributed by atoms with van der Waals surface area (Å²) >= 11 is 0. The first-order valence-corrected chi connectivity index (χ1v) is 13.5. The van der Waals surface area contributed by atoms with Gasteiger partial charge in [0.05, 0.1) is 18.1 Å². The third-order valence-corrected chi connectivity index (χ3v) is 7.18. The highest BCUT2D eigenvalue weighted by Crippen LogP contribution is 2.27. The van der Waals surface area contributed by atoms with Crippen LogP contribution in [0.25, 0.3) is 0 Å². The summed E-state index contributed by atoms with van der Waals surface area (Å²) in [7, 11) is 1.68. The van der Waals surface area contributed by atoms with Crippen LogP contribution in [0.1, 0.15) is 66.4 Å². The monoisotopic (exact) mass is 521 g/mol. The molecule has 0 spiro atoms. The van der Waals surface area contributed by atoms with E-state index in [1.165, 1.54) is 5.56 Å². The minimum Gasteiger partial charge on any atom is -0.493 e. The average molecular weight is 522 g/mol. The Balaban J connectivity index is 2.77. The molecular weight excluding hydrogens is 470 g/mol. The van der Waals surface area contributed by atoms with Crippen LogP contribution in [-0.4, -0.2) is 55.9 Å². The lowest BCUT2D eigenvalue weighted by Gasteiger charge is -2.30. The quantitative estimate of drug-likeness (QED) is 0.219. The van der Waals surface area contributed by atoms with E-state index in [9.17, 15) is 14.7 Å². The van der Waals surface area contributed by atoms with Gasteiger partial charge >= 0.3 is 0 Å². The van der Waals surface area contributed by atoms with Crippen LogP contribution in [0.5, 0.6) is 5.75 Å². The summed E-state index contributed by atoms with van der Waals surface area (Å²) in [4.78, 5) is 24.5. The number of nitrogens with one attached hydrogen (secondary N) is 1. The second-order valence-electron chi connectivity index (χ2n) is 11.6. The van der Waals surface area contributed by atoms with Gasteiger partial charge in [0.15, 0.2) is 0 Å². The molecule has 37 heavy (non-hydrogen) atoms. The molecule has 0 radical (unpaired) electrons. The zero-order valence-electron chi connectivity index (χ0n) is 24.0. The van der Waals surface area contributed by atoms with Crippen LogP contribution in [0.15, 0.2) is 24.3 Å². The van der Waals surface area contributed by atoms with Crippen molar-refractivity contribution in [3.63, 3.8) is 0 Å². The zero-order chi connectivity index (χ0) is 28.2. The number of amides is 2. The van der Waals surface area contributed by atoms with Crippen molar-refractivity contribution >= 4 is 11.8 Å². The van der Waals surface area contributed by atoms with E-state index in [0.29, 0.717) is 25.6 Å². The van der Waals surface area contributed by atoms with E-state index >= 15 is 0 Å². The predicted octanol–water partition coefficient (Wildman–Crippen LogP) is 3.28. The Bertz CT molecular complexity index is 828. The summed E-state index contributed by atoms with van der Waals surface area (Å²) in [5.41, 5.74) is 12.2. The molecule has 1 aromatic rings. The van der Waals surface area contributed by atoms with E-state index in [2.05, 4.69) is 31.3 Å². The molecule has 0 saturated heterocycles. The summed E-state index contributed by atoms with van der Waals surface area (Å²) in [6.07, 6.45) is 1.74. The van der Waals surface area contributed by atoms with Gasteiger partial charge in [0.25, 0.3) is 0 Å². The van der Waals surface area contributed by atoms with Crippen LogP contribution in [0.2, 0.25) is 0 Å². The molecule has 1 aromatic carbocycles. The first kappa shape index (κ1) is 32.9. The minimum atomic E-state index is -0.844. The Hall–Kier alpha value is -2.16. The minimum absolute atomic E-state index is 0.00562. The molecule has 0 aliphatic rings. The van der Waals surface area contributed by atoms with E-state index < -0.39 is 29.4 Å². The second kappa shape index (κ2) is 15.9. The second-order valence-corrected chi connectivity index (χ2v) is 11.6. The number of carbonyl (C=O) groups excluding carboxylic acids is 2. The van der Waals surface area contributed by atoms with Crippen molar-refractivity contribution in [2.75, 3.05) is 26.9 Å². The van der Waals surface area contributed by atoms with Crippen molar-refractivity contribution in [2.45, 2.75) is 79.4 Å². The summed E-state index contributed by atoms with van der Waals surface area (Å²) in [6, 6.07) is 7.65. The highest BCUT2D eigenvalue weighted by molar-refractivity contribution is 5.83. The molecule has 0 bridgehead atoms. The largest absolute Gasteiger partial charge is 0.493 e. The van der Waals surface area contributed by atoms with Gasteiger partial charge in [-0.05, 0) is 68.6 Å². The molecule has 0 aromatic heterocycles. The number of aliphatic hydroxyl groups excluding tert-OH is 1. The molecule has 6 N–H and O–H groups in total. The summed E-state index contributed by atoms with van der Waals surface area (Å²) in [6.45, 7) is 13.0. The fourth-order valence-electron chi connectivity index (χ4n) is 4.20. The molecule has 8 nitrogen and oxygen atoms in total. The summed E-state index contributed by atoms with van der Waals surface area (Å²) < 4.78 is 10.9. The van der Waals surface area contributed by atoms with Gasteiger partial charge in [-0.15, -0.1) is 0 Å². The fourth-order valence-corrected chi connectivity index (χ4v) is 4.20. The number of rotatable bonds is 18. The Morgan fingerprint density at radius 3 is 2.32 bits per heavy atom. The number of aliphatic hydroxyl groups is 1. The molecule has 0 aliphatic carbocycles. The van der Waals surface area contributed by atoms with Crippen molar-refractivity contribution < 1.29 is 24.2 Å². The smallest absolute Gasteiger partial charge is 0.224 e. The third-order valence-electron chi connectivity index (χ3n) is 7.18. The topological polar surface area (TPSA) is 137 Å². The number of hydrogen-bond acceptors (Lipinski definition) is 6. The van der Waals surface area contributed by atoms with Crippen LogP contribution < -0.4 is 21.5 Å². The SMILES string of the molecule is COCCCOc1cccc(C[C@@H](C[C@H](N)[C@@H](O)C[C@H](C(=O)NCC(C)(C)C(N)=O)C(C)C)C(C)C)c1. The number of nitrogens with two attached hydrogens (primary N) is 2. The van der Waals surface area contributed by atoms with Gasteiger partial charge in [0.1, 0.15) is 5.75 Å². The predicted molar refractivity (Wildman–Crippen MR) is 148 cm³/mol. The lowest BCUT2D eigenvalue weighted by molar-refractivity contribution is -0.130. The van der Waals surface area contributed by atoms with Gasteiger partial charge in [-0.2, -0.15) is 0 Å². The molecule has 1 rings (SSSR count). The molecule has 2 amide bonds. The van der Waals surface area contributed by atoms with Crippen molar-refractivity contribution in [3.05, 3.63) is 29.8 Å². The van der Waals surface area contributed by atoms with Gasteiger partial charge < -0.3 is 31.4 Å². The Kier molecular flexibility index (Phi) is 14.2. The molecule has 0 aliphatic heterocycles. The van der Waals surface area contributed by atoms with E-state index in [4.69, 9.17) is 20.9 Å². The van der Waals surface area contributed by atoms with E-state index in [1.54, 1.807) is 21.0 Å². The maximum absolute atomic E-state index is 12.9. The van der Waals surface area contributed by atoms with Crippen LogP contribution in [-0.2, 0) is 20.7 Å².